The number of nitrogens with zero attached hydrogens (tertiary/aromatic N) is 1. The second-order valence-corrected chi connectivity index (χ2v) is 5.31. The first-order valence-corrected chi connectivity index (χ1v) is 6.54. The molecule has 1 fully saturated rings. The van der Waals surface area contributed by atoms with E-state index in [4.69, 9.17) is 0 Å². The average molecular weight is 298 g/mol. The van der Waals surface area contributed by atoms with Gasteiger partial charge in [0.25, 0.3) is 0 Å². The Bertz CT molecular complexity index is 238. The number of rotatable bonds is 6. The first kappa shape index (κ1) is 20.4. The van der Waals surface area contributed by atoms with Gasteiger partial charge < -0.3 is 10.0 Å². The van der Waals surface area contributed by atoms with Crippen molar-refractivity contribution in [3.05, 3.63) is 0 Å². The van der Waals surface area contributed by atoms with E-state index in [2.05, 4.69) is 11.8 Å². The molecule has 0 amide bonds. The summed E-state index contributed by atoms with van der Waals surface area (Å²) >= 11 is 0. The van der Waals surface area contributed by atoms with Crippen LogP contribution in [0.4, 0.5) is 0 Å². The summed E-state index contributed by atoms with van der Waals surface area (Å²) < 4.78 is 0. The summed E-state index contributed by atoms with van der Waals surface area (Å²) in [5.41, 5.74) is 0. The van der Waals surface area contributed by atoms with E-state index >= 15 is 0 Å². The van der Waals surface area contributed by atoms with Crippen LogP contribution in [-0.2, 0) is 4.79 Å². The SMILES string of the molecule is BC(CCCC)(CN1CCCCC1)C(=O)O.Cl.Cl. The molecule has 0 aromatic rings. The third kappa shape index (κ3) is 6.30. The molecule has 1 rings (SSSR count). The molecule has 1 aliphatic rings. The third-order valence-corrected chi connectivity index (χ3v) is 3.62. The van der Waals surface area contributed by atoms with Crippen LogP contribution in [0.15, 0.2) is 0 Å². The molecule has 0 aromatic carbocycles. The van der Waals surface area contributed by atoms with Gasteiger partial charge in [-0.15, -0.1) is 24.8 Å². The van der Waals surface area contributed by atoms with Crippen LogP contribution in [0.2, 0.25) is 5.31 Å². The molecule has 0 saturated carbocycles. The second kappa shape index (κ2) is 9.93. The predicted molar refractivity (Wildman–Crippen MR) is 83.2 cm³/mol. The van der Waals surface area contributed by atoms with Gasteiger partial charge in [0.15, 0.2) is 0 Å². The van der Waals surface area contributed by atoms with E-state index in [-0.39, 0.29) is 24.8 Å². The summed E-state index contributed by atoms with van der Waals surface area (Å²) in [7, 11) is 1.90. The summed E-state index contributed by atoms with van der Waals surface area (Å²) in [6.45, 7) is 5.00. The van der Waals surface area contributed by atoms with Gasteiger partial charge >= 0.3 is 5.97 Å². The molecule has 3 nitrogen and oxygen atoms in total. The molecule has 0 bridgehead atoms. The Morgan fingerprint density at radius 1 is 1.28 bits per heavy atom. The molecule has 1 N–H and O–H groups in total. The molecule has 0 radical (unpaired) electrons. The molecule has 1 heterocycles. The highest BCUT2D eigenvalue weighted by molar-refractivity contribution is 6.26. The number of hydrogen-bond donors (Lipinski definition) is 1. The Morgan fingerprint density at radius 3 is 2.28 bits per heavy atom. The van der Waals surface area contributed by atoms with Gasteiger partial charge in [-0.05, 0) is 32.4 Å². The van der Waals surface area contributed by atoms with Crippen LogP contribution in [-0.4, -0.2) is 43.5 Å². The summed E-state index contributed by atoms with van der Waals surface area (Å²) in [4.78, 5) is 13.7. The van der Waals surface area contributed by atoms with Crippen LogP contribution in [0.25, 0.3) is 0 Å². The number of halogens is 2. The highest BCUT2D eigenvalue weighted by atomic mass is 35.5. The van der Waals surface area contributed by atoms with Crippen molar-refractivity contribution in [3.8, 4) is 0 Å². The van der Waals surface area contributed by atoms with E-state index in [1.54, 1.807) is 0 Å². The third-order valence-electron chi connectivity index (χ3n) is 3.62. The van der Waals surface area contributed by atoms with Crippen LogP contribution in [0, 0.1) is 0 Å². The van der Waals surface area contributed by atoms with Gasteiger partial charge in [0.2, 0.25) is 0 Å². The van der Waals surface area contributed by atoms with Crippen molar-refractivity contribution in [1.82, 2.24) is 4.90 Å². The van der Waals surface area contributed by atoms with Crippen LogP contribution in [0.1, 0.15) is 45.4 Å². The van der Waals surface area contributed by atoms with E-state index in [1.807, 2.05) is 7.85 Å². The number of hydrogen-bond acceptors (Lipinski definition) is 2. The van der Waals surface area contributed by atoms with Crippen molar-refractivity contribution in [2.24, 2.45) is 0 Å². The summed E-state index contributed by atoms with van der Waals surface area (Å²) in [6, 6.07) is 0. The first-order valence-electron chi connectivity index (χ1n) is 6.54. The molecule has 1 saturated heterocycles. The quantitative estimate of drug-likeness (QED) is 0.765. The zero-order valence-corrected chi connectivity index (χ0v) is 13.1. The summed E-state index contributed by atoms with van der Waals surface area (Å²) in [5, 5.41) is 8.81. The minimum absolute atomic E-state index is 0. The van der Waals surface area contributed by atoms with Gasteiger partial charge in [-0.3, -0.25) is 4.79 Å². The lowest BCUT2D eigenvalue weighted by molar-refractivity contribution is -0.141. The maximum atomic E-state index is 11.4. The zero-order chi connectivity index (χ0) is 12.0. The van der Waals surface area contributed by atoms with Crippen molar-refractivity contribution in [1.29, 1.82) is 0 Å². The van der Waals surface area contributed by atoms with Gasteiger partial charge in [-0.1, -0.05) is 26.2 Å². The fraction of sp³-hybridized carbons (Fsp3) is 0.917. The fourth-order valence-electron chi connectivity index (χ4n) is 2.43. The highest BCUT2D eigenvalue weighted by Crippen LogP contribution is 2.31. The Morgan fingerprint density at radius 2 is 1.83 bits per heavy atom. The number of carboxylic acid groups (broad SMARTS) is 1. The molecule has 0 aliphatic carbocycles. The van der Waals surface area contributed by atoms with E-state index in [1.165, 1.54) is 19.3 Å². The molecule has 1 atom stereocenters. The molecule has 1 aliphatic heterocycles. The molecule has 1 unspecified atom stereocenters. The topological polar surface area (TPSA) is 40.5 Å². The number of aliphatic carboxylic acids is 1. The zero-order valence-electron chi connectivity index (χ0n) is 11.5. The van der Waals surface area contributed by atoms with Crippen molar-refractivity contribution in [3.63, 3.8) is 0 Å². The smallest absolute Gasteiger partial charge is 0.302 e. The Kier molecular flexibility index (Phi) is 11.3. The van der Waals surface area contributed by atoms with E-state index in [0.29, 0.717) is 0 Å². The number of carboxylic acids is 1. The Balaban J connectivity index is 0. The molecular weight excluding hydrogens is 272 g/mol. The summed E-state index contributed by atoms with van der Waals surface area (Å²) in [5.74, 6) is -0.633. The van der Waals surface area contributed by atoms with Crippen LogP contribution in [0.5, 0.6) is 0 Å². The van der Waals surface area contributed by atoms with Crippen molar-refractivity contribution >= 4 is 38.6 Å². The Hall–Kier alpha value is 0.0749. The number of likely N-dealkylation sites (tertiary alicyclic amines) is 1. The van der Waals surface area contributed by atoms with Crippen LogP contribution >= 0.6 is 24.8 Å². The predicted octanol–water partition coefficient (Wildman–Crippen LogP) is 2.38. The molecule has 108 valence electrons. The lowest BCUT2D eigenvalue weighted by Crippen LogP contribution is -2.41. The van der Waals surface area contributed by atoms with Gasteiger partial charge in [-0.2, -0.15) is 0 Å². The normalized spacial score (nSPS) is 19.2. The maximum absolute atomic E-state index is 11.4. The van der Waals surface area contributed by atoms with Crippen molar-refractivity contribution < 1.29 is 9.90 Å². The number of carbonyl (C=O) groups is 1. The minimum atomic E-state index is -0.633. The van der Waals surface area contributed by atoms with Crippen LogP contribution < -0.4 is 0 Å². The lowest BCUT2D eigenvalue weighted by Gasteiger charge is -2.34. The molecular formula is C12H26BCl2NO2. The van der Waals surface area contributed by atoms with Gasteiger partial charge in [-0.25, -0.2) is 0 Å². The number of unbranched alkanes of at least 4 members (excludes halogenated alkanes) is 1. The maximum Gasteiger partial charge on any atom is 0.302 e. The Labute approximate surface area is 124 Å². The van der Waals surface area contributed by atoms with Crippen molar-refractivity contribution in [2.45, 2.75) is 50.8 Å². The standard InChI is InChI=1S/C12H24BNO2.2ClH/c1-2-3-7-12(13,11(15)16)10-14-8-5-4-6-9-14;;/h2-10,13H2,1H3,(H,15,16);2*1H. The van der Waals surface area contributed by atoms with Crippen LogP contribution in [0.3, 0.4) is 0 Å². The largest absolute Gasteiger partial charge is 0.481 e. The second-order valence-electron chi connectivity index (χ2n) is 5.31. The van der Waals surface area contributed by atoms with Gasteiger partial charge in [0.1, 0.15) is 7.85 Å². The number of piperidine rings is 1. The van der Waals surface area contributed by atoms with Gasteiger partial charge in [0.05, 0.1) is 0 Å². The first-order chi connectivity index (χ1) is 7.58. The average Bonchev–Trinajstić information content (AvgIpc) is 2.27. The molecule has 6 heteroatoms. The minimum Gasteiger partial charge on any atom is -0.481 e. The van der Waals surface area contributed by atoms with Crippen molar-refractivity contribution in [2.75, 3.05) is 19.6 Å². The lowest BCUT2D eigenvalue weighted by atomic mass is 9.65. The monoisotopic (exact) mass is 297 g/mol. The molecule has 0 spiro atoms. The van der Waals surface area contributed by atoms with E-state index in [9.17, 15) is 9.90 Å². The molecule has 18 heavy (non-hydrogen) atoms. The summed E-state index contributed by atoms with van der Waals surface area (Å²) in [6.07, 6.45) is 6.64. The van der Waals surface area contributed by atoms with E-state index < -0.39 is 11.3 Å². The fourth-order valence-corrected chi connectivity index (χ4v) is 2.43. The highest BCUT2D eigenvalue weighted by Gasteiger charge is 2.34. The molecule has 0 aromatic heterocycles. The van der Waals surface area contributed by atoms with E-state index in [0.717, 1.165) is 38.9 Å². The van der Waals surface area contributed by atoms with Gasteiger partial charge in [0, 0.05) is 11.9 Å².